The van der Waals surface area contributed by atoms with Gasteiger partial charge in [0.15, 0.2) is 0 Å². The molecule has 2 rings (SSSR count). The lowest BCUT2D eigenvalue weighted by Gasteiger charge is -2.08. The van der Waals surface area contributed by atoms with Gasteiger partial charge in [0.2, 0.25) is 10.0 Å². The predicted molar refractivity (Wildman–Crippen MR) is 66.9 cm³/mol. The van der Waals surface area contributed by atoms with Crippen LogP contribution in [0.5, 0.6) is 0 Å². The van der Waals surface area contributed by atoms with Crippen LogP contribution < -0.4 is 10.0 Å². The Morgan fingerprint density at radius 3 is 2.89 bits per heavy atom. The monoisotopic (exact) mass is 270 g/mol. The summed E-state index contributed by atoms with van der Waals surface area (Å²) < 4.78 is 25.7. The molecular weight excluding hydrogens is 256 g/mol. The summed E-state index contributed by atoms with van der Waals surface area (Å²) in [5.41, 5.74) is 0.814. The summed E-state index contributed by atoms with van der Waals surface area (Å²) >= 11 is 0. The second kappa shape index (κ2) is 4.86. The summed E-state index contributed by atoms with van der Waals surface area (Å²) in [5, 5.41) is 7.11. The molecule has 0 aliphatic rings. The van der Waals surface area contributed by atoms with Crippen LogP contribution in [0.25, 0.3) is 5.78 Å². The first-order chi connectivity index (χ1) is 8.46. The summed E-state index contributed by atoms with van der Waals surface area (Å²) in [5.74, 6) is 1.24. The summed E-state index contributed by atoms with van der Waals surface area (Å²) in [6.07, 6.45) is 2.54. The number of hydrogen-bond acceptors (Lipinski definition) is 6. The first-order valence-electron chi connectivity index (χ1n) is 5.31. The molecule has 0 bridgehead atoms. The van der Waals surface area contributed by atoms with E-state index in [0.29, 0.717) is 18.9 Å². The maximum Gasteiger partial charge on any atom is 0.254 e. The molecule has 0 saturated carbocycles. The van der Waals surface area contributed by atoms with Gasteiger partial charge in [0.25, 0.3) is 5.78 Å². The number of aromatic nitrogens is 4. The predicted octanol–water partition coefficient (Wildman–Crippen LogP) is -0.606. The van der Waals surface area contributed by atoms with Gasteiger partial charge in [-0.2, -0.15) is 14.6 Å². The number of fused-ring (bicyclic) bond motifs is 1. The molecule has 18 heavy (non-hydrogen) atoms. The third kappa shape index (κ3) is 3.14. The zero-order chi connectivity index (χ0) is 13.2. The SMILES string of the molecule is Cc1cc(NCCNS(C)(=O)=O)n2ncnc2n1. The highest BCUT2D eigenvalue weighted by Gasteiger charge is 2.05. The van der Waals surface area contributed by atoms with Crippen LogP contribution in [0.3, 0.4) is 0 Å². The maximum absolute atomic E-state index is 10.9. The number of nitrogens with zero attached hydrogens (tertiary/aromatic N) is 4. The molecule has 8 nitrogen and oxygen atoms in total. The Kier molecular flexibility index (Phi) is 3.43. The molecule has 0 unspecified atom stereocenters. The minimum Gasteiger partial charge on any atom is -0.369 e. The van der Waals surface area contributed by atoms with Crippen molar-refractivity contribution in [3.05, 3.63) is 18.1 Å². The second-order valence-corrected chi connectivity index (χ2v) is 5.68. The third-order valence-corrected chi connectivity index (χ3v) is 2.90. The molecule has 98 valence electrons. The fourth-order valence-corrected chi connectivity index (χ4v) is 1.96. The van der Waals surface area contributed by atoms with Crippen LogP contribution in [0, 0.1) is 6.92 Å². The molecule has 2 aromatic rings. The van der Waals surface area contributed by atoms with Crippen molar-refractivity contribution in [3.63, 3.8) is 0 Å². The van der Waals surface area contributed by atoms with E-state index in [-0.39, 0.29) is 0 Å². The Bertz CT molecular complexity index is 650. The number of hydrogen-bond donors (Lipinski definition) is 2. The molecule has 0 spiro atoms. The van der Waals surface area contributed by atoms with E-state index < -0.39 is 10.0 Å². The van der Waals surface area contributed by atoms with E-state index in [0.717, 1.165) is 17.8 Å². The van der Waals surface area contributed by atoms with Gasteiger partial charge in [-0.1, -0.05) is 0 Å². The minimum absolute atomic E-state index is 0.302. The standard InChI is InChI=1S/C9H14N6O2S/c1-7-5-8(10-3-4-13-18(2,16)17)15-9(14-7)11-6-12-15/h5-6,10,13H,3-4H2,1-2H3. The molecule has 0 radical (unpaired) electrons. The van der Waals surface area contributed by atoms with Crippen molar-refractivity contribution in [1.82, 2.24) is 24.3 Å². The van der Waals surface area contributed by atoms with Crippen LogP contribution >= 0.6 is 0 Å². The van der Waals surface area contributed by atoms with Crippen LogP contribution in [0.15, 0.2) is 12.4 Å². The van der Waals surface area contributed by atoms with Crippen molar-refractivity contribution in [3.8, 4) is 0 Å². The van der Waals surface area contributed by atoms with E-state index in [2.05, 4.69) is 25.1 Å². The van der Waals surface area contributed by atoms with Gasteiger partial charge >= 0.3 is 0 Å². The van der Waals surface area contributed by atoms with Crippen LogP contribution in [0.4, 0.5) is 5.82 Å². The van der Waals surface area contributed by atoms with Gasteiger partial charge < -0.3 is 5.32 Å². The third-order valence-electron chi connectivity index (χ3n) is 2.18. The fourth-order valence-electron chi connectivity index (χ4n) is 1.48. The van der Waals surface area contributed by atoms with Crippen molar-refractivity contribution >= 4 is 21.6 Å². The zero-order valence-corrected chi connectivity index (χ0v) is 10.9. The second-order valence-electron chi connectivity index (χ2n) is 3.85. The number of aryl methyl sites for hydroxylation is 1. The van der Waals surface area contributed by atoms with Gasteiger partial charge in [-0.3, -0.25) is 0 Å². The Labute approximate surface area is 104 Å². The largest absolute Gasteiger partial charge is 0.369 e. The van der Waals surface area contributed by atoms with Crippen LogP contribution in [0.1, 0.15) is 5.69 Å². The quantitative estimate of drug-likeness (QED) is 0.703. The van der Waals surface area contributed by atoms with Crippen LogP contribution in [0.2, 0.25) is 0 Å². The minimum atomic E-state index is -3.16. The maximum atomic E-state index is 10.9. The van der Waals surface area contributed by atoms with E-state index in [1.165, 1.54) is 6.33 Å². The van der Waals surface area contributed by atoms with Gasteiger partial charge in [0, 0.05) is 24.8 Å². The van der Waals surface area contributed by atoms with Gasteiger partial charge in [-0.05, 0) is 6.92 Å². The number of rotatable bonds is 5. The average Bonchev–Trinajstić information content (AvgIpc) is 2.70. The molecule has 0 aliphatic heterocycles. The molecule has 0 aromatic carbocycles. The summed E-state index contributed by atoms with van der Waals surface area (Å²) in [4.78, 5) is 8.20. The molecule has 9 heteroatoms. The fraction of sp³-hybridized carbons (Fsp3) is 0.444. The molecule has 2 aromatic heterocycles. The summed E-state index contributed by atoms with van der Waals surface area (Å²) in [6, 6.07) is 1.82. The zero-order valence-electron chi connectivity index (χ0n) is 10.1. The van der Waals surface area contributed by atoms with E-state index in [1.54, 1.807) is 4.52 Å². The van der Waals surface area contributed by atoms with E-state index in [4.69, 9.17) is 0 Å². The van der Waals surface area contributed by atoms with E-state index >= 15 is 0 Å². The lowest BCUT2D eigenvalue weighted by molar-refractivity contribution is 0.589. The molecule has 0 fully saturated rings. The van der Waals surface area contributed by atoms with Gasteiger partial charge in [-0.15, -0.1) is 0 Å². The Balaban J connectivity index is 2.05. The lowest BCUT2D eigenvalue weighted by Crippen LogP contribution is -2.28. The highest BCUT2D eigenvalue weighted by Crippen LogP contribution is 2.09. The molecule has 0 saturated heterocycles. The number of sulfonamides is 1. The van der Waals surface area contributed by atoms with E-state index in [9.17, 15) is 8.42 Å². The van der Waals surface area contributed by atoms with Gasteiger partial charge in [0.05, 0.1) is 6.26 Å². The van der Waals surface area contributed by atoms with Crippen molar-refractivity contribution in [2.75, 3.05) is 24.7 Å². The van der Waals surface area contributed by atoms with Crippen LogP contribution in [-0.2, 0) is 10.0 Å². The van der Waals surface area contributed by atoms with Crippen LogP contribution in [-0.4, -0.2) is 47.3 Å². The topological polar surface area (TPSA) is 101 Å². The van der Waals surface area contributed by atoms with Crippen molar-refractivity contribution in [2.24, 2.45) is 0 Å². The molecular formula is C9H14N6O2S. The molecule has 0 aliphatic carbocycles. The molecule has 0 amide bonds. The van der Waals surface area contributed by atoms with Crippen molar-refractivity contribution < 1.29 is 8.42 Å². The Morgan fingerprint density at radius 1 is 1.39 bits per heavy atom. The van der Waals surface area contributed by atoms with Gasteiger partial charge in [-0.25, -0.2) is 18.1 Å². The number of anilines is 1. The average molecular weight is 270 g/mol. The first kappa shape index (κ1) is 12.7. The summed E-state index contributed by atoms with van der Waals surface area (Å²) in [6.45, 7) is 2.61. The van der Waals surface area contributed by atoms with Crippen molar-refractivity contribution in [1.29, 1.82) is 0 Å². The molecule has 0 atom stereocenters. The molecule has 2 N–H and O–H groups in total. The lowest BCUT2D eigenvalue weighted by atomic mass is 10.4. The van der Waals surface area contributed by atoms with Gasteiger partial charge in [0.1, 0.15) is 12.1 Å². The van der Waals surface area contributed by atoms with Crippen molar-refractivity contribution in [2.45, 2.75) is 6.92 Å². The number of nitrogens with one attached hydrogen (secondary N) is 2. The highest BCUT2D eigenvalue weighted by molar-refractivity contribution is 7.88. The Morgan fingerprint density at radius 2 is 2.17 bits per heavy atom. The first-order valence-corrected chi connectivity index (χ1v) is 7.21. The summed E-state index contributed by atoms with van der Waals surface area (Å²) in [7, 11) is -3.16. The van der Waals surface area contributed by atoms with E-state index in [1.807, 2.05) is 13.0 Å². The highest BCUT2D eigenvalue weighted by atomic mass is 32.2. The normalized spacial score (nSPS) is 11.9. The molecule has 2 heterocycles. The smallest absolute Gasteiger partial charge is 0.254 e. The Hall–Kier alpha value is -1.74.